The normalized spacial score (nSPS) is 52.7. The zero-order valence-electron chi connectivity index (χ0n) is 18.2. The summed E-state index contributed by atoms with van der Waals surface area (Å²) in [6.45, 7) is 6.32. The average molecular weight is 435 g/mol. The maximum absolute atomic E-state index is 11.3. The van der Waals surface area contributed by atoms with Gasteiger partial charge in [-0.15, -0.1) is 0 Å². The first-order valence-electron chi connectivity index (χ1n) is 10.8. The zero-order chi connectivity index (χ0) is 22.6. The minimum absolute atomic E-state index is 0.349. The lowest BCUT2D eigenvalue weighted by Crippen LogP contribution is -2.67. The molecule has 1 saturated heterocycles. The minimum Gasteiger partial charge on any atom is -0.394 e. The van der Waals surface area contributed by atoms with Crippen LogP contribution in [0.5, 0.6) is 0 Å². The third kappa shape index (κ3) is 4.04. The molecular formula is C21H38O9. The molecule has 2 aliphatic carbocycles. The number of rotatable bonds is 4. The highest BCUT2D eigenvalue weighted by Gasteiger charge is 2.62. The monoisotopic (exact) mass is 434 g/mol. The van der Waals surface area contributed by atoms with Crippen LogP contribution in [0.25, 0.3) is 0 Å². The molecule has 0 aromatic carbocycles. The van der Waals surface area contributed by atoms with Gasteiger partial charge < -0.3 is 45.2 Å². The van der Waals surface area contributed by atoms with Crippen LogP contribution in [0.3, 0.4) is 0 Å². The van der Waals surface area contributed by atoms with Crippen LogP contribution in [0.15, 0.2) is 0 Å². The van der Waals surface area contributed by atoms with Gasteiger partial charge in [0.1, 0.15) is 24.4 Å². The molecule has 9 nitrogen and oxygen atoms in total. The van der Waals surface area contributed by atoms with Crippen molar-refractivity contribution in [2.75, 3.05) is 6.61 Å². The number of ether oxygens (including phenoxy) is 2. The molecule has 0 spiro atoms. The molecule has 1 heterocycles. The molecule has 11 atom stereocenters. The van der Waals surface area contributed by atoms with E-state index in [9.17, 15) is 35.7 Å². The number of aliphatic hydroxyl groups is 7. The maximum atomic E-state index is 11.3. The molecule has 3 aliphatic rings. The minimum atomic E-state index is -1.59. The predicted octanol–water partition coefficient (Wildman–Crippen LogP) is -1.12. The van der Waals surface area contributed by atoms with Gasteiger partial charge in [0.2, 0.25) is 0 Å². The second-order valence-corrected chi connectivity index (χ2v) is 10.5. The van der Waals surface area contributed by atoms with Gasteiger partial charge in [0.25, 0.3) is 0 Å². The van der Waals surface area contributed by atoms with Crippen molar-refractivity contribution in [3.05, 3.63) is 0 Å². The van der Waals surface area contributed by atoms with E-state index >= 15 is 0 Å². The van der Waals surface area contributed by atoms with Crippen LogP contribution in [0.1, 0.15) is 53.4 Å². The lowest BCUT2D eigenvalue weighted by Gasteiger charge is -2.61. The van der Waals surface area contributed by atoms with E-state index in [1.54, 1.807) is 20.8 Å². The molecule has 30 heavy (non-hydrogen) atoms. The van der Waals surface area contributed by atoms with Crippen LogP contribution in [-0.4, -0.2) is 96.5 Å². The van der Waals surface area contributed by atoms with Crippen molar-refractivity contribution in [3.8, 4) is 0 Å². The maximum Gasteiger partial charge on any atom is 0.186 e. The van der Waals surface area contributed by atoms with Gasteiger partial charge in [-0.05, 0) is 46.5 Å². The van der Waals surface area contributed by atoms with Crippen LogP contribution >= 0.6 is 0 Å². The Morgan fingerprint density at radius 2 is 1.63 bits per heavy atom. The highest BCUT2D eigenvalue weighted by atomic mass is 16.7. The number of aliphatic hydroxyl groups excluding tert-OH is 5. The Labute approximate surface area is 177 Å². The Balaban J connectivity index is 1.98. The van der Waals surface area contributed by atoms with Crippen molar-refractivity contribution in [1.82, 2.24) is 0 Å². The molecule has 1 aliphatic heterocycles. The highest BCUT2D eigenvalue weighted by Crippen LogP contribution is 2.58. The Hall–Kier alpha value is -0.360. The summed E-state index contributed by atoms with van der Waals surface area (Å²) >= 11 is 0. The third-order valence-corrected chi connectivity index (χ3v) is 7.83. The van der Waals surface area contributed by atoms with E-state index in [0.717, 1.165) is 0 Å². The summed E-state index contributed by atoms with van der Waals surface area (Å²) in [4.78, 5) is 0. The fourth-order valence-electron chi connectivity index (χ4n) is 6.01. The Kier molecular flexibility index (Phi) is 6.64. The lowest BCUT2D eigenvalue weighted by molar-refractivity contribution is -0.342. The fraction of sp³-hybridized carbons (Fsp3) is 1.00. The SMILES string of the molecule is CC(C)(O)[C@@H]1CC[C@@]2(C)C([C@@H]1O[C@@H]1O[C@H](CO)[C@@H](O)[C@H](O)[C@H]1O)[C@](C)(O)CC[C@@H]2O. The van der Waals surface area contributed by atoms with Crippen molar-refractivity contribution < 1.29 is 45.2 Å². The van der Waals surface area contributed by atoms with Crippen LogP contribution in [-0.2, 0) is 9.47 Å². The molecule has 0 radical (unpaired) electrons. The molecule has 0 bridgehead atoms. The first-order chi connectivity index (χ1) is 13.7. The molecule has 176 valence electrons. The van der Waals surface area contributed by atoms with Gasteiger partial charge in [-0.25, -0.2) is 0 Å². The van der Waals surface area contributed by atoms with E-state index in [2.05, 4.69) is 0 Å². The summed E-state index contributed by atoms with van der Waals surface area (Å²) in [5, 5.41) is 73.1. The van der Waals surface area contributed by atoms with Crippen molar-refractivity contribution in [2.24, 2.45) is 17.3 Å². The van der Waals surface area contributed by atoms with Crippen LogP contribution in [0.4, 0.5) is 0 Å². The summed E-state index contributed by atoms with van der Waals surface area (Å²) < 4.78 is 11.7. The zero-order valence-corrected chi connectivity index (χ0v) is 18.2. The standard InChI is InChI=1S/C21H38O9/c1-19(2,27)10-5-7-20(3)12(23)6-8-21(4,28)17(20)16(10)30-18-15(26)14(25)13(24)11(9-22)29-18/h10-18,22-28H,5-9H2,1-4H3/t10-,11-,12+,13-,14+,15-,16-,17?,18+,20-,21-/m1/s1. The first-order valence-corrected chi connectivity index (χ1v) is 10.8. The number of hydrogen-bond acceptors (Lipinski definition) is 9. The molecule has 2 saturated carbocycles. The van der Waals surface area contributed by atoms with Gasteiger partial charge in [-0.1, -0.05) is 6.92 Å². The van der Waals surface area contributed by atoms with E-state index in [-0.39, 0.29) is 0 Å². The molecule has 1 unspecified atom stereocenters. The summed E-state index contributed by atoms with van der Waals surface area (Å²) in [7, 11) is 0. The van der Waals surface area contributed by atoms with Crippen LogP contribution in [0.2, 0.25) is 0 Å². The Morgan fingerprint density at radius 3 is 2.20 bits per heavy atom. The second-order valence-electron chi connectivity index (χ2n) is 10.5. The fourth-order valence-corrected chi connectivity index (χ4v) is 6.01. The van der Waals surface area contributed by atoms with Gasteiger partial charge in [0.15, 0.2) is 6.29 Å². The number of fused-ring (bicyclic) bond motifs is 1. The first kappa shape index (κ1) is 24.3. The van der Waals surface area contributed by atoms with Crippen molar-refractivity contribution in [3.63, 3.8) is 0 Å². The van der Waals surface area contributed by atoms with Gasteiger partial charge >= 0.3 is 0 Å². The summed E-state index contributed by atoms with van der Waals surface area (Å²) in [5.74, 6) is -1.02. The lowest BCUT2D eigenvalue weighted by atomic mass is 9.50. The predicted molar refractivity (Wildman–Crippen MR) is 105 cm³/mol. The summed E-state index contributed by atoms with van der Waals surface area (Å²) in [6, 6.07) is 0. The van der Waals surface area contributed by atoms with Gasteiger partial charge in [0.05, 0.1) is 30.0 Å². The third-order valence-electron chi connectivity index (χ3n) is 7.83. The van der Waals surface area contributed by atoms with Crippen LogP contribution < -0.4 is 0 Å². The van der Waals surface area contributed by atoms with E-state index < -0.39 is 78.0 Å². The summed E-state index contributed by atoms with van der Waals surface area (Å²) in [5.41, 5.74) is -3.06. The van der Waals surface area contributed by atoms with E-state index in [4.69, 9.17) is 9.47 Å². The van der Waals surface area contributed by atoms with Crippen molar-refractivity contribution in [2.45, 2.75) is 107 Å². The average Bonchev–Trinajstić information content (AvgIpc) is 2.64. The summed E-state index contributed by atoms with van der Waals surface area (Å²) in [6.07, 6.45) is -6.77. The van der Waals surface area contributed by atoms with Gasteiger partial charge in [-0.2, -0.15) is 0 Å². The Morgan fingerprint density at radius 1 is 1.00 bits per heavy atom. The van der Waals surface area contributed by atoms with E-state index in [1.807, 2.05) is 6.92 Å². The quantitative estimate of drug-likeness (QED) is 0.291. The molecule has 9 heteroatoms. The van der Waals surface area contributed by atoms with E-state index in [0.29, 0.717) is 25.7 Å². The molecule has 3 rings (SSSR count). The van der Waals surface area contributed by atoms with Crippen LogP contribution in [0, 0.1) is 17.3 Å². The molecule has 0 amide bonds. The molecular weight excluding hydrogens is 396 g/mol. The number of hydrogen-bond donors (Lipinski definition) is 7. The molecule has 3 fully saturated rings. The molecule has 0 aromatic rings. The van der Waals surface area contributed by atoms with Gasteiger partial charge in [-0.3, -0.25) is 0 Å². The highest BCUT2D eigenvalue weighted by molar-refractivity contribution is 5.11. The second kappa shape index (κ2) is 8.20. The molecule has 0 aromatic heterocycles. The molecule has 7 N–H and O–H groups in total. The smallest absolute Gasteiger partial charge is 0.186 e. The van der Waals surface area contributed by atoms with Crippen molar-refractivity contribution in [1.29, 1.82) is 0 Å². The van der Waals surface area contributed by atoms with E-state index in [1.165, 1.54) is 0 Å². The van der Waals surface area contributed by atoms with Crippen molar-refractivity contribution >= 4 is 0 Å². The van der Waals surface area contributed by atoms with Gasteiger partial charge in [0, 0.05) is 17.3 Å². The Bertz CT molecular complexity index is 604. The topological polar surface area (TPSA) is 160 Å². The largest absolute Gasteiger partial charge is 0.394 e.